The summed E-state index contributed by atoms with van der Waals surface area (Å²) >= 11 is 4.84. The fourth-order valence-corrected chi connectivity index (χ4v) is 2.36. The summed E-state index contributed by atoms with van der Waals surface area (Å²) in [5.74, 6) is 0.763. The number of furan rings is 1. The molecule has 0 aliphatic carbocycles. The van der Waals surface area contributed by atoms with Gasteiger partial charge in [-0.25, -0.2) is 0 Å². The molecule has 2 heterocycles. The minimum atomic E-state index is 0.715. The average molecular weight is 302 g/mol. The molecule has 2 rings (SSSR count). The smallest absolute Gasteiger partial charge is 0.183 e. The van der Waals surface area contributed by atoms with Gasteiger partial charge >= 0.3 is 0 Å². The van der Waals surface area contributed by atoms with E-state index in [4.69, 9.17) is 4.42 Å². The predicted molar refractivity (Wildman–Crippen MR) is 67.6 cm³/mol. The summed E-state index contributed by atoms with van der Waals surface area (Å²) in [4.78, 5) is 0. The first-order valence-corrected chi connectivity index (χ1v) is 6.69. The quantitative estimate of drug-likeness (QED) is 0.863. The molecule has 0 amide bonds. The van der Waals surface area contributed by atoms with Crippen LogP contribution >= 0.6 is 27.3 Å². The molecule has 2 aromatic rings. The van der Waals surface area contributed by atoms with E-state index in [0.717, 1.165) is 35.3 Å². The number of rotatable bonds is 5. The minimum absolute atomic E-state index is 0.715. The highest BCUT2D eigenvalue weighted by molar-refractivity contribution is 9.10. The average Bonchev–Trinajstić information content (AvgIpc) is 2.87. The lowest BCUT2D eigenvalue weighted by Gasteiger charge is -1.95. The van der Waals surface area contributed by atoms with Gasteiger partial charge in [0.2, 0.25) is 0 Å². The molecule has 86 valence electrons. The summed E-state index contributed by atoms with van der Waals surface area (Å²) < 4.78 is 6.13. The van der Waals surface area contributed by atoms with Crippen molar-refractivity contribution in [2.45, 2.75) is 13.3 Å². The molecule has 0 radical (unpaired) electrons. The van der Waals surface area contributed by atoms with Gasteiger partial charge < -0.3 is 9.73 Å². The first kappa shape index (κ1) is 11.8. The van der Waals surface area contributed by atoms with Crippen molar-refractivity contribution in [1.29, 1.82) is 0 Å². The van der Waals surface area contributed by atoms with E-state index in [2.05, 4.69) is 38.4 Å². The Morgan fingerprint density at radius 3 is 3.00 bits per heavy atom. The first-order valence-electron chi connectivity index (χ1n) is 5.08. The Morgan fingerprint density at radius 2 is 2.31 bits per heavy atom. The maximum atomic E-state index is 5.42. The molecule has 0 aliphatic rings. The van der Waals surface area contributed by atoms with Gasteiger partial charge in [0.25, 0.3) is 0 Å². The molecule has 0 saturated carbocycles. The highest BCUT2D eigenvalue weighted by atomic mass is 79.9. The van der Waals surface area contributed by atoms with Gasteiger partial charge in [-0.15, -0.1) is 10.2 Å². The van der Waals surface area contributed by atoms with Gasteiger partial charge in [0.15, 0.2) is 15.4 Å². The predicted octanol–water partition coefficient (Wildman–Crippen LogP) is 2.71. The summed E-state index contributed by atoms with van der Waals surface area (Å²) in [7, 11) is 0. The summed E-state index contributed by atoms with van der Waals surface area (Å²) in [5.41, 5.74) is 0. The van der Waals surface area contributed by atoms with E-state index >= 15 is 0 Å². The molecule has 0 bridgehead atoms. The number of aromatic nitrogens is 2. The summed E-state index contributed by atoms with van der Waals surface area (Å²) in [6, 6.07) is 3.74. The largest absolute Gasteiger partial charge is 0.447 e. The molecule has 0 unspecified atom stereocenters. The standard InChI is InChI=1S/C10H12BrN3OS/c1-2-12-6-5-9-13-14-10(16-9)7-3-4-8(11)15-7/h3-4,12H,2,5-6H2,1H3. The SMILES string of the molecule is CCNCCc1nnc(-c2ccc(Br)o2)s1. The van der Waals surface area contributed by atoms with E-state index in [0.29, 0.717) is 4.67 Å². The van der Waals surface area contributed by atoms with Crippen LogP contribution in [0.15, 0.2) is 21.2 Å². The van der Waals surface area contributed by atoms with E-state index in [1.165, 1.54) is 0 Å². The molecule has 0 atom stereocenters. The van der Waals surface area contributed by atoms with E-state index in [-0.39, 0.29) is 0 Å². The van der Waals surface area contributed by atoms with E-state index in [9.17, 15) is 0 Å². The van der Waals surface area contributed by atoms with Gasteiger partial charge in [0.05, 0.1) is 0 Å². The van der Waals surface area contributed by atoms with Crippen molar-refractivity contribution >= 4 is 27.3 Å². The number of likely N-dealkylation sites (N-methyl/N-ethyl adjacent to an activating group) is 1. The lowest BCUT2D eigenvalue weighted by molar-refractivity contribution is 0.554. The van der Waals surface area contributed by atoms with Crippen molar-refractivity contribution in [1.82, 2.24) is 15.5 Å². The third-order valence-electron chi connectivity index (χ3n) is 2.02. The molecular weight excluding hydrogens is 290 g/mol. The van der Waals surface area contributed by atoms with Crippen LogP contribution in [0.1, 0.15) is 11.9 Å². The van der Waals surface area contributed by atoms with Crippen LogP contribution in [0.3, 0.4) is 0 Å². The maximum absolute atomic E-state index is 5.42. The molecule has 2 aromatic heterocycles. The van der Waals surface area contributed by atoms with Crippen LogP contribution in [0.5, 0.6) is 0 Å². The normalized spacial score (nSPS) is 10.9. The van der Waals surface area contributed by atoms with Gasteiger partial charge in [-0.2, -0.15) is 0 Å². The fraction of sp³-hybridized carbons (Fsp3) is 0.400. The summed E-state index contributed by atoms with van der Waals surface area (Å²) in [6.45, 7) is 4.01. The van der Waals surface area contributed by atoms with Crippen LogP contribution < -0.4 is 5.32 Å². The lowest BCUT2D eigenvalue weighted by atomic mass is 10.4. The Labute approximate surface area is 106 Å². The number of nitrogens with zero attached hydrogens (tertiary/aromatic N) is 2. The third kappa shape index (κ3) is 2.90. The van der Waals surface area contributed by atoms with E-state index < -0.39 is 0 Å². The molecule has 0 saturated heterocycles. The van der Waals surface area contributed by atoms with Gasteiger partial charge in [0.1, 0.15) is 5.01 Å². The van der Waals surface area contributed by atoms with Gasteiger partial charge in [-0.1, -0.05) is 18.3 Å². The van der Waals surface area contributed by atoms with Crippen LogP contribution in [0.4, 0.5) is 0 Å². The zero-order valence-corrected chi connectivity index (χ0v) is 11.3. The van der Waals surface area contributed by atoms with Crippen molar-refractivity contribution < 1.29 is 4.42 Å². The second-order valence-electron chi connectivity index (χ2n) is 3.21. The second-order valence-corrected chi connectivity index (χ2v) is 5.05. The van der Waals surface area contributed by atoms with E-state index in [1.807, 2.05) is 12.1 Å². The molecule has 16 heavy (non-hydrogen) atoms. The zero-order valence-electron chi connectivity index (χ0n) is 8.86. The molecule has 4 nitrogen and oxygen atoms in total. The Hall–Kier alpha value is -0.720. The topological polar surface area (TPSA) is 51.0 Å². The first-order chi connectivity index (χ1) is 7.79. The Kier molecular flexibility index (Phi) is 4.09. The number of nitrogens with one attached hydrogen (secondary N) is 1. The van der Waals surface area contributed by atoms with Gasteiger partial charge in [-0.3, -0.25) is 0 Å². The molecule has 6 heteroatoms. The summed E-state index contributed by atoms with van der Waals surface area (Å²) in [6.07, 6.45) is 0.910. The van der Waals surface area contributed by atoms with Crippen molar-refractivity contribution in [2.24, 2.45) is 0 Å². The van der Waals surface area contributed by atoms with E-state index in [1.54, 1.807) is 11.3 Å². The van der Waals surface area contributed by atoms with Crippen LogP contribution in [0.25, 0.3) is 10.8 Å². The molecule has 1 N–H and O–H groups in total. The van der Waals surface area contributed by atoms with Crippen LogP contribution in [0, 0.1) is 0 Å². The molecule has 0 fully saturated rings. The van der Waals surface area contributed by atoms with Crippen molar-refractivity contribution in [3.05, 3.63) is 21.8 Å². The summed E-state index contributed by atoms with van der Waals surface area (Å²) in [5, 5.41) is 13.4. The van der Waals surface area contributed by atoms with Gasteiger partial charge in [-0.05, 0) is 34.6 Å². The number of halogens is 1. The Bertz CT molecular complexity index is 454. The van der Waals surface area contributed by atoms with Crippen LogP contribution in [-0.4, -0.2) is 23.3 Å². The minimum Gasteiger partial charge on any atom is -0.447 e. The highest BCUT2D eigenvalue weighted by Crippen LogP contribution is 2.27. The van der Waals surface area contributed by atoms with Gasteiger partial charge in [0, 0.05) is 13.0 Å². The number of hydrogen-bond donors (Lipinski definition) is 1. The van der Waals surface area contributed by atoms with Crippen LogP contribution in [-0.2, 0) is 6.42 Å². The second kappa shape index (κ2) is 5.56. The van der Waals surface area contributed by atoms with Crippen molar-refractivity contribution in [3.63, 3.8) is 0 Å². The number of hydrogen-bond acceptors (Lipinski definition) is 5. The lowest BCUT2D eigenvalue weighted by Crippen LogP contribution is -2.15. The zero-order chi connectivity index (χ0) is 11.4. The highest BCUT2D eigenvalue weighted by Gasteiger charge is 2.09. The molecular formula is C10H12BrN3OS. The maximum Gasteiger partial charge on any atom is 0.183 e. The van der Waals surface area contributed by atoms with Crippen molar-refractivity contribution in [2.75, 3.05) is 13.1 Å². The fourth-order valence-electron chi connectivity index (χ4n) is 1.26. The molecule has 0 aromatic carbocycles. The molecule has 0 spiro atoms. The van der Waals surface area contributed by atoms with Crippen LogP contribution in [0.2, 0.25) is 0 Å². The molecule has 0 aliphatic heterocycles. The Morgan fingerprint density at radius 1 is 1.44 bits per heavy atom. The van der Waals surface area contributed by atoms with Crippen molar-refractivity contribution in [3.8, 4) is 10.8 Å². The monoisotopic (exact) mass is 301 g/mol. The third-order valence-corrected chi connectivity index (χ3v) is 3.44. The Balaban J connectivity index is 2.02.